The molecule has 1 aliphatic carbocycles. The summed E-state index contributed by atoms with van der Waals surface area (Å²) in [5.41, 5.74) is 0. The van der Waals surface area contributed by atoms with Crippen molar-refractivity contribution in [2.24, 2.45) is 0 Å². The van der Waals surface area contributed by atoms with E-state index in [9.17, 15) is 0 Å². The Morgan fingerprint density at radius 3 is 2.52 bits per heavy atom. The summed E-state index contributed by atoms with van der Waals surface area (Å²) >= 11 is 0. The maximum absolute atomic E-state index is 6.23. The molecule has 0 amide bonds. The maximum Gasteiger partial charge on any atom is 0.0707 e. The molecule has 2 aliphatic heterocycles. The summed E-state index contributed by atoms with van der Waals surface area (Å²) in [7, 11) is 0. The van der Waals surface area contributed by atoms with E-state index >= 15 is 0 Å². The normalized spacial score (nSPS) is 34.1. The summed E-state index contributed by atoms with van der Waals surface area (Å²) in [5.74, 6) is 0. The summed E-state index contributed by atoms with van der Waals surface area (Å²) in [6.07, 6.45) is 7.53. The van der Waals surface area contributed by atoms with E-state index in [0.29, 0.717) is 12.2 Å². The first-order valence-electron chi connectivity index (χ1n) is 9.13. The lowest BCUT2D eigenvalue weighted by Gasteiger charge is -2.27. The lowest BCUT2D eigenvalue weighted by molar-refractivity contribution is 0.0261. The molecule has 2 heterocycles. The fourth-order valence-electron chi connectivity index (χ4n) is 3.95. The molecule has 2 saturated heterocycles. The van der Waals surface area contributed by atoms with E-state index < -0.39 is 0 Å². The molecule has 0 aromatic heterocycles. The van der Waals surface area contributed by atoms with Crippen LogP contribution in [0.1, 0.15) is 46.0 Å². The van der Waals surface area contributed by atoms with Crippen molar-refractivity contribution >= 4 is 0 Å². The van der Waals surface area contributed by atoms with Crippen LogP contribution in [0.4, 0.5) is 0 Å². The zero-order valence-corrected chi connectivity index (χ0v) is 13.9. The number of hydrogen-bond acceptors (Lipinski definition) is 4. The van der Waals surface area contributed by atoms with Crippen LogP contribution in [0.15, 0.2) is 0 Å². The summed E-state index contributed by atoms with van der Waals surface area (Å²) in [4.78, 5) is 5.24. The molecular formula is C17H33N3O. The van der Waals surface area contributed by atoms with E-state index in [4.69, 9.17) is 4.74 Å². The van der Waals surface area contributed by atoms with E-state index in [-0.39, 0.29) is 0 Å². The van der Waals surface area contributed by atoms with Crippen molar-refractivity contribution < 1.29 is 4.74 Å². The number of nitrogens with zero attached hydrogens (tertiary/aromatic N) is 2. The van der Waals surface area contributed by atoms with Crippen molar-refractivity contribution in [1.82, 2.24) is 15.1 Å². The third-order valence-corrected chi connectivity index (χ3v) is 5.45. The number of rotatable bonds is 8. The predicted molar refractivity (Wildman–Crippen MR) is 86.7 cm³/mol. The second kappa shape index (κ2) is 7.40. The van der Waals surface area contributed by atoms with Crippen molar-refractivity contribution in [3.05, 3.63) is 0 Å². The Morgan fingerprint density at radius 2 is 1.81 bits per heavy atom. The van der Waals surface area contributed by atoms with Gasteiger partial charge in [0.15, 0.2) is 0 Å². The van der Waals surface area contributed by atoms with Crippen LogP contribution in [0, 0.1) is 0 Å². The van der Waals surface area contributed by atoms with Crippen LogP contribution in [0.3, 0.4) is 0 Å². The Morgan fingerprint density at radius 1 is 1.05 bits per heavy atom. The molecule has 0 aromatic rings. The zero-order chi connectivity index (χ0) is 14.7. The van der Waals surface area contributed by atoms with E-state index in [2.05, 4.69) is 29.0 Å². The highest BCUT2D eigenvalue weighted by molar-refractivity contribution is 4.87. The number of likely N-dealkylation sites (tertiary alicyclic amines) is 1. The summed E-state index contributed by atoms with van der Waals surface area (Å²) < 4.78 is 6.23. The van der Waals surface area contributed by atoms with Crippen LogP contribution in [-0.2, 0) is 4.74 Å². The van der Waals surface area contributed by atoms with Gasteiger partial charge in [0.1, 0.15) is 0 Å². The molecule has 0 spiro atoms. The van der Waals surface area contributed by atoms with E-state index in [1.807, 2.05) is 0 Å². The Kier molecular flexibility index (Phi) is 5.54. The summed E-state index contributed by atoms with van der Waals surface area (Å²) in [6, 6.07) is 1.58. The van der Waals surface area contributed by atoms with Gasteiger partial charge >= 0.3 is 0 Å². The van der Waals surface area contributed by atoms with Crippen molar-refractivity contribution in [2.75, 3.05) is 39.3 Å². The van der Waals surface area contributed by atoms with Crippen molar-refractivity contribution in [3.63, 3.8) is 0 Å². The quantitative estimate of drug-likeness (QED) is 0.738. The van der Waals surface area contributed by atoms with Gasteiger partial charge in [-0.1, -0.05) is 13.8 Å². The van der Waals surface area contributed by atoms with Crippen LogP contribution in [0.25, 0.3) is 0 Å². The van der Waals surface area contributed by atoms with Crippen LogP contribution < -0.4 is 5.32 Å². The fraction of sp³-hybridized carbons (Fsp3) is 1.00. The molecule has 3 unspecified atom stereocenters. The molecule has 0 aromatic carbocycles. The number of hydrogen-bond donors (Lipinski definition) is 1. The minimum absolute atomic E-state index is 0.469. The molecule has 3 aliphatic rings. The molecule has 0 radical (unpaired) electrons. The van der Waals surface area contributed by atoms with Gasteiger partial charge in [-0.2, -0.15) is 0 Å². The molecule has 3 atom stereocenters. The molecule has 3 fully saturated rings. The molecule has 3 rings (SSSR count). The zero-order valence-electron chi connectivity index (χ0n) is 13.9. The van der Waals surface area contributed by atoms with Gasteiger partial charge in [0.25, 0.3) is 0 Å². The first kappa shape index (κ1) is 15.7. The molecule has 0 bridgehead atoms. The maximum atomic E-state index is 6.23. The lowest BCUT2D eigenvalue weighted by atomic mass is 10.2. The first-order chi connectivity index (χ1) is 10.3. The smallest absolute Gasteiger partial charge is 0.0707 e. The fourth-order valence-corrected chi connectivity index (χ4v) is 3.95. The number of nitrogens with one attached hydrogen (secondary N) is 1. The van der Waals surface area contributed by atoms with Crippen molar-refractivity contribution in [3.8, 4) is 0 Å². The highest BCUT2D eigenvalue weighted by atomic mass is 16.5. The van der Waals surface area contributed by atoms with Crippen LogP contribution in [-0.4, -0.2) is 73.4 Å². The van der Waals surface area contributed by atoms with Gasteiger partial charge in [0, 0.05) is 31.7 Å². The third-order valence-electron chi connectivity index (χ3n) is 5.45. The van der Waals surface area contributed by atoms with E-state index in [1.165, 1.54) is 58.3 Å². The van der Waals surface area contributed by atoms with E-state index in [0.717, 1.165) is 25.2 Å². The average Bonchev–Trinajstić information content (AvgIpc) is 3.04. The Labute approximate surface area is 130 Å². The van der Waals surface area contributed by atoms with Gasteiger partial charge in [-0.15, -0.1) is 0 Å². The molecule has 1 saturated carbocycles. The SMILES string of the molecule is CCN(CC)C1CCN(CC2CCC(CNC3CC3)O2)C1. The minimum Gasteiger partial charge on any atom is -0.372 e. The van der Waals surface area contributed by atoms with Crippen LogP contribution >= 0.6 is 0 Å². The van der Waals surface area contributed by atoms with Gasteiger partial charge in [-0.3, -0.25) is 9.80 Å². The molecule has 21 heavy (non-hydrogen) atoms. The Hall–Kier alpha value is -0.160. The predicted octanol–water partition coefficient (Wildman–Crippen LogP) is 1.70. The molecule has 4 heteroatoms. The second-order valence-electron chi connectivity index (χ2n) is 7.06. The molecule has 1 N–H and O–H groups in total. The van der Waals surface area contributed by atoms with Crippen molar-refractivity contribution in [2.45, 2.75) is 70.2 Å². The minimum atomic E-state index is 0.469. The van der Waals surface area contributed by atoms with Gasteiger partial charge < -0.3 is 10.1 Å². The second-order valence-corrected chi connectivity index (χ2v) is 7.06. The monoisotopic (exact) mass is 295 g/mol. The van der Waals surface area contributed by atoms with Gasteiger partial charge in [0.2, 0.25) is 0 Å². The van der Waals surface area contributed by atoms with Gasteiger partial charge in [-0.25, -0.2) is 0 Å². The topological polar surface area (TPSA) is 27.7 Å². The van der Waals surface area contributed by atoms with Crippen molar-refractivity contribution in [1.29, 1.82) is 0 Å². The first-order valence-corrected chi connectivity index (χ1v) is 9.13. The number of ether oxygens (including phenoxy) is 1. The Balaban J connectivity index is 1.35. The third kappa shape index (κ3) is 4.41. The van der Waals surface area contributed by atoms with Crippen LogP contribution in [0.5, 0.6) is 0 Å². The largest absolute Gasteiger partial charge is 0.372 e. The lowest BCUT2D eigenvalue weighted by Crippen LogP contribution is -2.39. The number of likely N-dealkylation sites (N-methyl/N-ethyl adjacent to an activating group) is 1. The summed E-state index contributed by atoms with van der Waals surface area (Å²) in [5, 5.41) is 3.60. The molecular weight excluding hydrogens is 262 g/mol. The van der Waals surface area contributed by atoms with Gasteiger partial charge in [-0.05, 0) is 51.7 Å². The highest BCUT2D eigenvalue weighted by Gasteiger charge is 2.32. The Bertz CT molecular complexity index is 317. The highest BCUT2D eigenvalue weighted by Crippen LogP contribution is 2.24. The standard InChI is InChI=1S/C17H33N3O/c1-3-20(4-2)15-9-10-19(12-15)13-17-8-7-16(21-17)11-18-14-5-6-14/h14-18H,3-13H2,1-2H3. The molecule has 122 valence electrons. The molecule has 4 nitrogen and oxygen atoms in total. The van der Waals surface area contributed by atoms with Gasteiger partial charge in [0.05, 0.1) is 12.2 Å². The summed E-state index contributed by atoms with van der Waals surface area (Å²) in [6.45, 7) is 11.7. The average molecular weight is 295 g/mol. The van der Waals surface area contributed by atoms with E-state index in [1.54, 1.807) is 0 Å². The van der Waals surface area contributed by atoms with Crippen LogP contribution in [0.2, 0.25) is 0 Å².